The summed E-state index contributed by atoms with van der Waals surface area (Å²) in [5, 5.41) is 9.48. The van der Waals surface area contributed by atoms with Crippen LogP contribution in [0, 0.1) is 5.92 Å². The molecule has 90 valence electrons. The van der Waals surface area contributed by atoms with E-state index in [0.29, 0.717) is 5.92 Å². The Morgan fingerprint density at radius 2 is 2.00 bits per heavy atom. The summed E-state index contributed by atoms with van der Waals surface area (Å²) in [6, 6.07) is 0.235. The van der Waals surface area contributed by atoms with E-state index in [0.717, 1.165) is 6.42 Å². The molecule has 0 heterocycles. The predicted molar refractivity (Wildman–Crippen MR) is 63.7 cm³/mol. The molecule has 0 saturated heterocycles. The third-order valence-electron chi connectivity index (χ3n) is 4.12. The van der Waals surface area contributed by atoms with E-state index in [1.54, 1.807) is 0 Å². The van der Waals surface area contributed by atoms with E-state index in [9.17, 15) is 5.11 Å². The lowest BCUT2D eigenvalue weighted by atomic mass is 9.94. The SMILES string of the molecule is CCC(C)(C)N(C)C(CO)C(N)C1CC1. The summed E-state index contributed by atoms with van der Waals surface area (Å²) >= 11 is 0. The molecule has 0 aromatic rings. The molecule has 0 radical (unpaired) electrons. The fraction of sp³-hybridized carbons (Fsp3) is 1.00. The molecule has 1 rings (SSSR count). The number of hydrogen-bond acceptors (Lipinski definition) is 3. The van der Waals surface area contributed by atoms with Crippen LogP contribution in [0.15, 0.2) is 0 Å². The maximum atomic E-state index is 9.48. The summed E-state index contributed by atoms with van der Waals surface area (Å²) in [7, 11) is 2.08. The van der Waals surface area contributed by atoms with E-state index in [1.807, 2.05) is 0 Å². The van der Waals surface area contributed by atoms with Crippen LogP contribution >= 0.6 is 0 Å². The average molecular weight is 214 g/mol. The Morgan fingerprint density at radius 3 is 2.33 bits per heavy atom. The highest BCUT2D eigenvalue weighted by molar-refractivity contribution is 4.95. The number of likely N-dealkylation sites (N-methyl/N-ethyl adjacent to an activating group) is 1. The van der Waals surface area contributed by atoms with Gasteiger partial charge in [-0.25, -0.2) is 0 Å². The number of aliphatic hydroxyl groups is 1. The van der Waals surface area contributed by atoms with E-state index in [-0.39, 0.29) is 24.2 Å². The molecule has 0 aromatic heterocycles. The molecule has 3 heteroatoms. The summed E-state index contributed by atoms with van der Waals surface area (Å²) in [6.07, 6.45) is 3.54. The Balaban J connectivity index is 2.63. The molecule has 15 heavy (non-hydrogen) atoms. The van der Waals surface area contributed by atoms with Gasteiger partial charge in [-0.15, -0.1) is 0 Å². The molecule has 3 N–H and O–H groups in total. The van der Waals surface area contributed by atoms with Crippen molar-refractivity contribution in [1.82, 2.24) is 4.90 Å². The largest absolute Gasteiger partial charge is 0.395 e. The monoisotopic (exact) mass is 214 g/mol. The van der Waals surface area contributed by atoms with Gasteiger partial charge in [-0.1, -0.05) is 6.92 Å². The van der Waals surface area contributed by atoms with Crippen LogP contribution in [0.1, 0.15) is 40.0 Å². The van der Waals surface area contributed by atoms with Crippen LogP contribution in [0.4, 0.5) is 0 Å². The van der Waals surface area contributed by atoms with Crippen molar-refractivity contribution in [2.45, 2.75) is 57.7 Å². The van der Waals surface area contributed by atoms with Gasteiger partial charge in [0.25, 0.3) is 0 Å². The molecular weight excluding hydrogens is 188 g/mol. The number of aliphatic hydroxyl groups excluding tert-OH is 1. The molecule has 2 unspecified atom stereocenters. The topological polar surface area (TPSA) is 49.5 Å². The van der Waals surface area contributed by atoms with Crippen LogP contribution in [0.5, 0.6) is 0 Å². The third kappa shape index (κ3) is 2.92. The van der Waals surface area contributed by atoms with Crippen LogP contribution in [-0.4, -0.2) is 41.3 Å². The maximum absolute atomic E-state index is 9.48. The first-order chi connectivity index (χ1) is 6.94. The number of nitrogens with two attached hydrogens (primary N) is 1. The number of hydrogen-bond donors (Lipinski definition) is 2. The molecule has 1 aliphatic rings. The van der Waals surface area contributed by atoms with Crippen LogP contribution in [0.2, 0.25) is 0 Å². The van der Waals surface area contributed by atoms with E-state index in [1.165, 1.54) is 12.8 Å². The Labute approximate surface area is 93.6 Å². The van der Waals surface area contributed by atoms with Gasteiger partial charge in [0.1, 0.15) is 0 Å². The average Bonchev–Trinajstić information content (AvgIpc) is 3.01. The van der Waals surface area contributed by atoms with Gasteiger partial charge in [0.05, 0.1) is 6.61 Å². The van der Waals surface area contributed by atoms with E-state index < -0.39 is 0 Å². The van der Waals surface area contributed by atoms with Crippen LogP contribution in [0.3, 0.4) is 0 Å². The van der Waals surface area contributed by atoms with E-state index >= 15 is 0 Å². The van der Waals surface area contributed by atoms with Crippen molar-refractivity contribution in [2.24, 2.45) is 11.7 Å². The molecule has 1 saturated carbocycles. The molecule has 0 aliphatic heterocycles. The molecule has 0 spiro atoms. The van der Waals surface area contributed by atoms with Crippen molar-refractivity contribution in [2.75, 3.05) is 13.7 Å². The Morgan fingerprint density at radius 1 is 1.47 bits per heavy atom. The summed E-state index contributed by atoms with van der Waals surface area (Å²) in [5.74, 6) is 0.636. The van der Waals surface area contributed by atoms with Gasteiger partial charge < -0.3 is 10.8 Å². The quantitative estimate of drug-likeness (QED) is 0.698. The molecule has 1 fully saturated rings. The molecule has 0 amide bonds. The number of rotatable bonds is 6. The fourth-order valence-corrected chi connectivity index (χ4v) is 2.00. The molecule has 0 aromatic carbocycles. The second kappa shape index (κ2) is 4.81. The van der Waals surface area contributed by atoms with Crippen LogP contribution < -0.4 is 5.73 Å². The highest BCUT2D eigenvalue weighted by Crippen LogP contribution is 2.35. The third-order valence-corrected chi connectivity index (χ3v) is 4.12. The molecule has 3 nitrogen and oxygen atoms in total. The highest BCUT2D eigenvalue weighted by atomic mass is 16.3. The van der Waals surface area contributed by atoms with Gasteiger partial charge in [-0.3, -0.25) is 4.90 Å². The summed E-state index contributed by atoms with van der Waals surface area (Å²) in [4.78, 5) is 2.25. The van der Waals surface area contributed by atoms with Crippen LogP contribution in [-0.2, 0) is 0 Å². The first kappa shape index (κ1) is 12.9. The fourth-order valence-electron chi connectivity index (χ4n) is 2.00. The second-order valence-electron chi connectivity index (χ2n) is 5.44. The maximum Gasteiger partial charge on any atom is 0.0602 e. The highest BCUT2D eigenvalue weighted by Gasteiger charge is 2.38. The Hall–Kier alpha value is -0.120. The van der Waals surface area contributed by atoms with Crippen molar-refractivity contribution in [3.63, 3.8) is 0 Å². The van der Waals surface area contributed by atoms with E-state index in [2.05, 4.69) is 32.7 Å². The lowest BCUT2D eigenvalue weighted by Gasteiger charge is -2.42. The first-order valence-corrected chi connectivity index (χ1v) is 6.03. The summed E-state index contributed by atoms with van der Waals surface area (Å²) in [6.45, 7) is 6.75. The Kier molecular flexibility index (Phi) is 4.15. The van der Waals surface area contributed by atoms with Crippen LogP contribution in [0.25, 0.3) is 0 Å². The zero-order chi connectivity index (χ0) is 11.6. The van der Waals surface area contributed by atoms with Crippen molar-refractivity contribution in [3.05, 3.63) is 0 Å². The zero-order valence-corrected chi connectivity index (χ0v) is 10.5. The first-order valence-electron chi connectivity index (χ1n) is 6.03. The van der Waals surface area contributed by atoms with Crippen molar-refractivity contribution in [1.29, 1.82) is 0 Å². The minimum absolute atomic E-state index is 0.104. The molecule has 2 atom stereocenters. The van der Waals surface area contributed by atoms with Gasteiger partial charge in [0, 0.05) is 17.6 Å². The van der Waals surface area contributed by atoms with Crippen molar-refractivity contribution >= 4 is 0 Å². The normalized spacial score (nSPS) is 21.8. The minimum atomic E-state index is 0.104. The van der Waals surface area contributed by atoms with E-state index in [4.69, 9.17) is 5.73 Å². The van der Waals surface area contributed by atoms with Gasteiger partial charge in [-0.2, -0.15) is 0 Å². The molecular formula is C12H26N2O. The standard InChI is InChI=1S/C12H26N2O/c1-5-12(2,3)14(4)10(8-15)11(13)9-6-7-9/h9-11,15H,5-8,13H2,1-4H3. The lowest BCUT2D eigenvalue weighted by molar-refractivity contribution is 0.0412. The zero-order valence-electron chi connectivity index (χ0n) is 10.5. The van der Waals surface area contributed by atoms with Gasteiger partial charge in [0.2, 0.25) is 0 Å². The summed E-state index contributed by atoms with van der Waals surface area (Å²) in [5.41, 5.74) is 6.30. The minimum Gasteiger partial charge on any atom is -0.395 e. The predicted octanol–water partition coefficient (Wildman–Crippen LogP) is 1.21. The Bertz CT molecular complexity index is 202. The van der Waals surface area contributed by atoms with Crippen molar-refractivity contribution in [3.8, 4) is 0 Å². The molecule has 1 aliphatic carbocycles. The van der Waals surface area contributed by atoms with Gasteiger partial charge in [0.15, 0.2) is 0 Å². The molecule has 0 bridgehead atoms. The smallest absolute Gasteiger partial charge is 0.0602 e. The second-order valence-corrected chi connectivity index (χ2v) is 5.44. The number of nitrogens with zero attached hydrogens (tertiary/aromatic N) is 1. The van der Waals surface area contributed by atoms with Gasteiger partial charge in [-0.05, 0) is 46.1 Å². The summed E-state index contributed by atoms with van der Waals surface area (Å²) < 4.78 is 0. The van der Waals surface area contributed by atoms with Gasteiger partial charge >= 0.3 is 0 Å². The van der Waals surface area contributed by atoms with Crippen molar-refractivity contribution < 1.29 is 5.11 Å². The lowest BCUT2D eigenvalue weighted by Crippen LogP contribution is -2.56.